The van der Waals surface area contributed by atoms with Gasteiger partial charge in [0.1, 0.15) is 11.5 Å². The Hall–Kier alpha value is -3.35. The van der Waals surface area contributed by atoms with Gasteiger partial charge in [0.2, 0.25) is 5.82 Å². The molecule has 1 aromatic heterocycles. The van der Waals surface area contributed by atoms with Gasteiger partial charge in [-0.05, 0) is 81.0 Å². The molecule has 2 aromatic carbocycles. The monoisotopic (exact) mass is 406 g/mol. The molecule has 7 nitrogen and oxygen atoms in total. The second-order valence-corrected chi connectivity index (χ2v) is 7.82. The first-order valence-electron chi connectivity index (χ1n) is 10.2. The zero-order valence-corrected chi connectivity index (χ0v) is 17.5. The van der Waals surface area contributed by atoms with Gasteiger partial charge in [-0.3, -0.25) is 9.36 Å². The average Bonchev–Trinajstić information content (AvgIpc) is 3.19. The molecule has 4 rings (SSSR count). The first kappa shape index (κ1) is 19.9. The summed E-state index contributed by atoms with van der Waals surface area (Å²) >= 11 is 0. The standard InChI is InChI=1S/C23H26N4O3/c1-14(2)24-23(29)22-26-25-21(27(22)16-9-11-17(30-3)12-10-16)19-13-8-15-6-4-5-7-18(15)20(19)28/h8-14,28H,4-7H2,1-3H3,(H,24,29). The molecule has 0 saturated carbocycles. The summed E-state index contributed by atoms with van der Waals surface area (Å²) in [4.78, 5) is 12.8. The van der Waals surface area contributed by atoms with Crippen molar-refractivity contribution in [1.82, 2.24) is 20.1 Å². The quantitative estimate of drug-likeness (QED) is 0.675. The predicted octanol–water partition coefficient (Wildman–Crippen LogP) is 3.67. The number of phenolic OH excluding ortho intramolecular Hbond substituents is 1. The molecule has 0 atom stereocenters. The fraction of sp³-hybridized carbons (Fsp3) is 0.348. The largest absolute Gasteiger partial charge is 0.507 e. The van der Waals surface area contributed by atoms with E-state index in [0.29, 0.717) is 22.8 Å². The zero-order valence-electron chi connectivity index (χ0n) is 17.5. The summed E-state index contributed by atoms with van der Waals surface area (Å²) in [6.45, 7) is 3.78. The number of hydrogen-bond donors (Lipinski definition) is 2. The lowest BCUT2D eigenvalue weighted by atomic mass is 9.89. The van der Waals surface area contributed by atoms with Crippen molar-refractivity contribution in [2.24, 2.45) is 0 Å². The molecule has 1 heterocycles. The second kappa shape index (κ2) is 8.18. The Morgan fingerprint density at radius 1 is 1.10 bits per heavy atom. The number of nitrogens with zero attached hydrogens (tertiary/aromatic N) is 3. The van der Waals surface area contributed by atoms with Crippen LogP contribution in [-0.2, 0) is 12.8 Å². The summed E-state index contributed by atoms with van der Waals surface area (Å²) in [6.07, 6.45) is 3.99. The number of aromatic nitrogens is 3. The van der Waals surface area contributed by atoms with Crippen molar-refractivity contribution in [2.45, 2.75) is 45.6 Å². The molecule has 1 amide bonds. The van der Waals surface area contributed by atoms with Gasteiger partial charge in [0.05, 0.1) is 12.7 Å². The van der Waals surface area contributed by atoms with Crippen LogP contribution in [0.15, 0.2) is 36.4 Å². The SMILES string of the molecule is COc1ccc(-n2c(C(=O)NC(C)C)nnc2-c2ccc3c(c2O)CCCC3)cc1. The van der Waals surface area contributed by atoms with E-state index in [1.54, 1.807) is 11.7 Å². The number of benzene rings is 2. The molecule has 0 fully saturated rings. The number of aryl methyl sites for hydroxylation is 1. The lowest BCUT2D eigenvalue weighted by Gasteiger charge is -2.19. The number of aromatic hydroxyl groups is 1. The number of rotatable bonds is 5. The molecule has 0 spiro atoms. The van der Waals surface area contributed by atoms with Crippen LogP contribution in [0.5, 0.6) is 11.5 Å². The molecule has 3 aromatic rings. The lowest BCUT2D eigenvalue weighted by molar-refractivity contribution is 0.0930. The third kappa shape index (κ3) is 3.63. The van der Waals surface area contributed by atoms with Crippen molar-refractivity contribution in [1.29, 1.82) is 0 Å². The molecular formula is C23H26N4O3. The molecule has 1 aliphatic carbocycles. The Labute approximate surface area is 175 Å². The van der Waals surface area contributed by atoms with Crippen LogP contribution in [0.25, 0.3) is 17.1 Å². The van der Waals surface area contributed by atoms with Crippen molar-refractivity contribution in [2.75, 3.05) is 7.11 Å². The van der Waals surface area contributed by atoms with Gasteiger partial charge in [0, 0.05) is 11.7 Å². The summed E-state index contributed by atoms with van der Waals surface area (Å²) in [7, 11) is 1.60. The topological polar surface area (TPSA) is 89.3 Å². The highest BCUT2D eigenvalue weighted by Crippen LogP contribution is 2.38. The first-order valence-corrected chi connectivity index (χ1v) is 10.2. The smallest absolute Gasteiger partial charge is 0.289 e. The summed E-state index contributed by atoms with van der Waals surface area (Å²) in [5.74, 6) is 1.21. The van der Waals surface area contributed by atoms with Crippen LogP contribution < -0.4 is 10.1 Å². The van der Waals surface area contributed by atoms with Gasteiger partial charge in [-0.2, -0.15) is 0 Å². The molecule has 1 aliphatic rings. The van der Waals surface area contributed by atoms with Crippen molar-refractivity contribution in [3.8, 4) is 28.6 Å². The number of methoxy groups -OCH3 is 1. The van der Waals surface area contributed by atoms with Crippen LogP contribution >= 0.6 is 0 Å². The lowest BCUT2D eigenvalue weighted by Crippen LogP contribution is -2.32. The number of fused-ring (bicyclic) bond motifs is 1. The van der Waals surface area contributed by atoms with Gasteiger partial charge in [-0.25, -0.2) is 0 Å². The molecule has 2 N–H and O–H groups in total. The van der Waals surface area contributed by atoms with E-state index in [4.69, 9.17) is 4.74 Å². The molecule has 0 unspecified atom stereocenters. The van der Waals surface area contributed by atoms with E-state index in [-0.39, 0.29) is 23.5 Å². The van der Waals surface area contributed by atoms with Crippen molar-refractivity contribution in [3.63, 3.8) is 0 Å². The van der Waals surface area contributed by atoms with Crippen LogP contribution in [0.1, 0.15) is 48.4 Å². The normalized spacial score (nSPS) is 13.2. The van der Waals surface area contributed by atoms with Crippen LogP contribution in [0, 0.1) is 0 Å². The van der Waals surface area contributed by atoms with Crippen LogP contribution in [0.2, 0.25) is 0 Å². The first-order chi connectivity index (χ1) is 14.5. The minimum atomic E-state index is -0.322. The number of nitrogens with one attached hydrogen (secondary N) is 1. The maximum Gasteiger partial charge on any atom is 0.289 e. The van der Waals surface area contributed by atoms with Crippen molar-refractivity contribution < 1.29 is 14.6 Å². The van der Waals surface area contributed by atoms with Crippen LogP contribution in [-0.4, -0.2) is 38.9 Å². The summed E-state index contributed by atoms with van der Waals surface area (Å²) in [5, 5.41) is 22.4. The van der Waals surface area contributed by atoms with E-state index in [0.717, 1.165) is 31.2 Å². The maximum absolute atomic E-state index is 12.8. The average molecular weight is 406 g/mol. The molecule has 156 valence electrons. The number of carbonyl (C=O) groups excluding carboxylic acids is 1. The number of carbonyl (C=O) groups is 1. The van der Waals surface area contributed by atoms with Gasteiger partial charge >= 0.3 is 0 Å². The molecule has 30 heavy (non-hydrogen) atoms. The molecule has 0 radical (unpaired) electrons. The van der Waals surface area contributed by atoms with Crippen molar-refractivity contribution >= 4 is 5.91 Å². The predicted molar refractivity (Wildman–Crippen MR) is 114 cm³/mol. The van der Waals surface area contributed by atoms with Gasteiger partial charge < -0.3 is 15.2 Å². The van der Waals surface area contributed by atoms with Gasteiger partial charge in [-0.1, -0.05) is 6.07 Å². The van der Waals surface area contributed by atoms with E-state index in [9.17, 15) is 9.90 Å². The summed E-state index contributed by atoms with van der Waals surface area (Å²) in [5.41, 5.74) is 3.43. The van der Waals surface area contributed by atoms with Crippen molar-refractivity contribution in [3.05, 3.63) is 53.3 Å². The molecule has 7 heteroatoms. The second-order valence-electron chi connectivity index (χ2n) is 7.82. The highest BCUT2D eigenvalue weighted by Gasteiger charge is 2.25. The zero-order chi connectivity index (χ0) is 21.3. The third-order valence-corrected chi connectivity index (χ3v) is 5.36. The van der Waals surface area contributed by atoms with E-state index in [2.05, 4.69) is 15.5 Å². The molecule has 0 bridgehead atoms. The minimum absolute atomic E-state index is 0.0425. The Bertz CT molecular complexity index is 1070. The molecule has 0 saturated heterocycles. The Morgan fingerprint density at radius 3 is 2.53 bits per heavy atom. The summed E-state index contributed by atoms with van der Waals surface area (Å²) in [6, 6.07) is 11.2. The summed E-state index contributed by atoms with van der Waals surface area (Å²) < 4.78 is 6.94. The number of amides is 1. The van der Waals surface area contributed by atoms with E-state index in [1.165, 1.54) is 5.56 Å². The van der Waals surface area contributed by atoms with Crippen LogP contribution in [0.3, 0.4) is 0 Å². The van der Waals surface area contributed by atoms with E-state index >= 15 is 0 Å². The van der Waals surface area contributed by atoms with Gasteiger partial charge in [0.15, 0.2) is 5.82 Å². The Kier molecular flexibility index (Phi) is 5.44. The number of ether oxygens (including phenoxy) is 1. The minimum Gasteiger partial charge on any atom is -0.507 e. The number of phenols is 1. The highest BCUT2D eigenvalue weighted by atomic mass is 16.5. The van der Waals surface area contributed by atoms with E-state index < -0.39 is 0 Å². The molecule has 0 aliphatic heterocycles. The third-order valence-electron chi connectivity index (χ3n) is 5.36. The van der Waals surface area contributed by atoms with Gasteiger partial charge in [-0.15, -0.1) is 10.2 Å². The van der Waals surface area contributed by atoms with Crippen LogP contribution in [0.4, 0.5) is 0 Å². The fourth-order valence-corrected chi connectivity index (χ4v) is 3.90. The fourth-order valence-electron chi connectivity index (χ4n) is 3.90. The van der Waals surface area contributed by atoms with Gasteiger partial charge in [0.25, 0.3) is 5.91 Å². The Balaban J connectivity index is 1.88. The molecular weight excluding hydrogens is 380 g/mol. The number of hydrogen-bond acceptors (Lipinski definition) is 5. The highest BCUT2D eigenvalue weighted by molar-refractivity contribution is 5.92. The van der Waals surface area contributed by atoms with E-state index in [1.807, 2.05) is 50.2 Å². The maximum atomic E-state index is 12.8. The Morgan fingerprint density at radius 2 is 1.83 bits per heavy atom.